The van der Waals surface area contributed by atoms with Crippen molar-refractivity contribution in [3.63, 3.8) is 0 Å². The summed E-state index contributed by atoms with van der Waals surface area (Å²) < 4.78 is 27.5. The molecule has 0 bridgehead atoms. The molecule has 1 aromatic heterocycles. The molecular formula is C14H19N3O2S2. The zero-order valence-electron chi connectivity index (χ0n) is 12.5. The van der Waals surface area contributed by atoms with Gasteiger partial charge in [-0.1, -0.05) is 12.1 Å². The Morgan fingerprint density at radius 3 is 2.67 bits per heavy atom. The van der Waals surface area contributed by atoms with E-state index in [4.69, 9.17) is 0 Å². The van der Waals surface area contributed by atoms with Gasteiger partial charge in [-0.2, -0.15) is 0 Å². The van der Waals surface area contributed by atoms with Crippen molar-refractivity contribution in [1.29, 1.82) is 0 Å². The van der Waals surface area contributed by atoms with Crippen LogP contribution in [0.2, 0.25) is 0 Å². The average molecular weight is 325 g/mol. The van der Waals surface area contributed by atoms with Gasteiger partial charge in [0.05, 0.1) is 10.6 Å². The monoisotopic (exact) mass is 325 g/mol. The Bertz CT molecular complexity index is 738. The maximum absolute atomic E-state index is 12.5. The average Bonchev–Trinajstić information content (AvgIpc) is 2.88. The van der Waals surface area contributed by atoms with E-state index in [1.54, 1.807) is 19.1 Å². The first-order valence-corrected chi connectivity index (χ1v) is 8.92. The topological polar surface area (TPSA) is 71.1 Å². The van der Waals surface area contributed by atoms with Crippen LogP contribution in [-0.4, -0.2) is 20.4 Å². The van der Waals surface area contributed by atoms with Crippen LogP contribution in [0.1, 0.15) is 29.8 Å². The quantitative estimate of drug-likeness (QED) is 0.887. The third-order valence-corrected chi connectivity index (χ3v) is 5.64. The molecule has 0 saturated heterocycles. The van der Waals surface area contributed by atoms with E-state index in [-0.39, 0.29) is 6.04 Å². The van der Waals surface area contributed by atoms with Crippen molar-refractivity contribution >= 4 is 26.5 Å². The van der Waals surface area contributed by atoms with E-state index in [0.717, 1.165) is 11.3 Å². The number of aryl methyl sites for hydroxylation is 2. The second-order valence-electron chi connectivity index (χ2n) is 4.96. The van der Waals surface area contributed by atoms with Gasteiger partial charge in [-0.25, -0.2) is 13.4 Å². The molecule has 2 rings (SSSR count). The third kappa shape index (κ3) is 3.61. The van der Waals surface area contributed by atoms with E-state index in [2.05, 4.69) is 15.0 Å². The number of rotatable bonds is 5. The van der Waals surface area contributed by atoms with Gasteiger partial charge in [-0.05, 0) is 45.0 Å². The molecule has 0 aliphatic carbocycles. The van der Waals surface area contributed by atoms with E-state index in [1.165, 1.54) is 11.3 Å². The number of sulfonamides is 1. The Morgan fingerprint density at radius 2 is 2.00 bits per heavy atom. The van der Waals surface area contributed by atoms with Crippen LogP contribution < -0.4 is 10.0 Å². The fraction of sp³-hybridized carbons (Fsp3) is 0.357. The number of nitrogens with zero attached hydrogens (tertiary/aromatic N) is 1. The molecular weight excluding hydrogens is 306 g/mol. The molecule has 7 heteroatoms. The first-order chi connectivity index (χ1) is 9.83. The first-order valence-electron chi connectivity index (χ1n) is 6.56. The summed E-state index contributed by atoms with van der Waals surface area (Å²) in [7, 11) is -1.77. The second kappa shape index (κ2) is 6.13. The summed E-state index contributed by atoms with van der Waals surface area (Å²) in [5.41, 5.74) is 2.44. The smallest absolute Gasteiger partial charge is 0.263 e. The molecule has 0 aliphatic rings. The molecule has 0 amide bonds. The summed E-state index contributed by atoms with van der Waals surface area (Å²) in [6.45, 7) is 5.62. The molecule has 0 radical (unpaired) electrons. The Hall–Kier alpha value is -1.44. The van der Waals surface area contributed by atoms with Crippen molar-refractivity contribution in [2.75, 3.05) is 11.8 Å². The minimum atomic E-state index is -3.61. The lowest BCUT2D eigenvalue weighted by molar-refractivity contribution is 0.600. The Balaban J connectivity index is 2.29. The second-order valence-corrected chi connectivity index (χ2v) is 7.47. The third-order valence-electron chi connectivity index (χ3n) is 3.25. The lowest BCUT2D eigenvalue weighted by Gasteiger charge is -2.09. The van der Waals surface area contributed by atoms with Crippen LogP contribution in [0.15, 0.2) is 28.5 Å². The van der Waals surface area contributed by atoms with Crippen LogP contribution in [0.3, 0.4) is 0 Å². The fourth-order valence-electron chi connectivity index (χ4n) is 1.85. The molecule has 0 aliphatic heterocycles. The van der Waals surface area contributed by atoms with Gasteiger partial charge >= 0.3 is 0 Å². The molecule has 0 saturated carbocycles. The fourth-order valence-corrected chi connectivity index (χ4v) is 4.23. The normalized spacial score (nSPS) is 13.1. The molecule has 1 heterocycles. The Morgan fingerprint density at radius 1 is 1.29 bits per heavy atom. The molecule has 21 heavy (non-hydrogen) atoms. The summed E-state index contributed by atoms with van der Waals surface area (Å²) in [6.07, 6.45) is 0. The van der Waals surface area contributed by atoms with Gasteiger partial charge in [0, 0.05) is 11.4 Å². The summed E-state index contributed by atoms with van der Waals surface area (Å²) >= 11 is 1.28. The summed E-state index contributed by atoms with van der Waals surface area (Å²) in [6, 6.07) is 5.45. The van der Waals surface area contributed by atoms with Crippen LogP contribution in [0.5, 0.6) is 0 Å². The summed E-state index contributed by atoms with van der Waals surface area (Å²) in [5.74, 6) is 0. The van der Waals surface area contributed by atoms with Crippen molar-refractivity contribution < 1.29 is 8.42 Å². The SMILES string of the molecule is CNC(C)c1csc(NS(=O)(=O)c2cc(C)ccc2C)n1. The number of thiazole rings is 1. The standard InChI is InChI=1S/C14H19N3O2S2/c1-9-5-6-10(2)13(7-9)21(18,19)17-14-16-12(8-20-14)11(3)15-4/h5-8,11,15H,1-4H3,(H,16,17). The molecule has 1 atom stereocenters. The highest BCUT2D eigenvalue weighted by Gasteiger charge is 2.19. The maximum Gasteiger partial charge on any atom is 0.263 e. The summed E-state index contributed by atoms with van der Waals surface area (Å²) in [5, 5.41) is 5.30. The van der Waals surface area contributed by atoms with Crippen molar-refractivity contribution in [2.24, 2.45) is 0 Å². The number of anilines is 1. The zero-order chi connectivity index (χ0) is 15.6. The van der Waals surface area contributed by atoms with Crippen molar-refractivity contribution in [3.8, 4) is 0 Å². The lowest BCUT2D eigenvalue weighted by Crippen LogP contribution is -2.15. The van der Waals surface area contributed by atoms with Crippen molar-refractivity contribution in [1.82, 2.24) is 10.3 Å². The molecule has 0 fully saturated rings. The predicted molar refractivity (Wildman–Crippen MR) is 86.3 cm³/mol. The van der Waals surface area contributed by atoms with E-state index < -0.39 is 10.0 Å². The van der Waals surface area contributed by atoms with Gasteiger partial charge in [-0.15, -0.1) is 11.3 Å². The summed E-state index contributed by atoms with van der Waals surface area (Å²) in [4.78, 5) is 4.60. The minimum Gasteiger partial charge on any atom is -0.312 e. The van der Waals surface area contributed by atoms with E-state index >= 15 is 0 Å². The zero-order valence-corrected chi connectivity index (χ0v) is 14.1. The molecule has 5 nitrogen and oxygen atoms in total. The van der Waals surface area contributed by atoms with E-state index in [9.17, 15) is 8.42 Å². The number of benzene rings is 1. The first kappa shape index (κ1) is 15.9. The largest absolute Gasteiger partial charge is 0.312 e. The van der Waals surface area contributed by atoms with Gasteiger partial charge in [0.1, 0.15) is 0 Å². The Labute approximate surface area is 129 Å². The molecule has 2 N–H and O–H groups in total. The van der Waals surface area contributed by atoms with Crippen molar-refractivity contribution in [3.05, 3.63) is 40.4 Å². The van der Waals surface area contributed by atoms with Gasteiger partial charge in [0.25, 0.3) is 10.0 Å². The number of hydrogen-bond donors (Lipinski definition) is 2. The molecule has 1 aromatic carbocycles. The van der Waals surface area contributed by atoms with Crippen LogP contribution in [0.4, 0.5) is 5.13 Å². The number of nitrogens with one attached hydrogen (secondary N) is 2. The predicted octanol–water partition coefficient (Wildman–Crippen LogP) is 2.84. The molecule has 2 aromatic rings. The van der Waals surface area contributed by atoms with Gasteiger partial charge < -0.3 is 5.32 Å². The minimum absolute atomic E-state index is 0.0835. The van der Waals surface area contributed by atoms with Crippen LogP contribution in [0, 0.1) is 13.8 Å². The highest BCUT2D eigenvalue weighted by molar-refractivity contribution is 7.93. The molecule has 0 spiro atoms. The molecule has 1 unspecified atom stereocenters. The maximum atomic E-state index is 12.5. The van der Waals surface area contributed by atoms with Gasteiger partial charge in [-0.3, -0.25) is 4.72 Å². The van der Waals surface area contributed by atoms with Crippen LogP contribution in [-0.2, 0) is 10.0 Å². The van der Waals surface area contributed by atoms with Gasteiger partial charge in [0.15, 0.2) is 5.13 Å². The van der Waals surface area contributed by atoms with Crippen LogP contribution in [0.25, 0.3) is 0 Å². The molecule has 114 valence electrons. The van der Waals surface area contributed by atoms with Crippen molar-refractivity contribution in [2.45, 2.75) is 31.7 Å². The highest BCUT2D eigenvalue weighted by Crippen LogP contribution is 2.24. The lowest BCUT2D eigenvalue weighted by atomic mass is 10.2. The highest BCUT2D eigenvalue weighted by atomic mass is 32.2. The number of hydrogen-bond acceptors (Lipinski definition) is 5. The van der Waals surface area contributed by atoms with Gasteiger partial charge in [0.2, 0.25) is 0 Å². The number of aromatic nitrogens is 1. The van der Waals surface area contributed by atoms with E-state index in [0.29, 0.717) is 15.6 Å². The van der Waals surface area contributed by atoms with Crippen LogP contribution >= 0.6 is 11.3 Å². The van der Waals surface area contributed by atoms with E-state index in [1.807, 2.05) is 32.3 Å². The Kier molecular flexibility index (Phi) is 4.65.